The maximum absolute atomic E-state index is 12.0. The lowest BCUT2D eigenvalue weighted by molar-refractivity contribution is -0.123. The number of nitrogens with two attached hydrogens (primary N) is 1. The number of amides is 1. The topological polar surface area (TPSA) is 75.3 Å². The predicted molar refractivity (Wildman–Crippen MR) is 76.6 cm³/mol. The molecular formula is C15H24N2O2. The van der Waals surface area contributed by atoms with Crippen molar-refractivity contribution in [3.63, 3.8) is 0 Å². The molecule has 0 bridgehead atoms. The van der Waals surface area contributed by atoms with Gasteiger partial charge in [0.25, 0.3) is 0 Å². The van der Waals surface area contributed by atoms with Crippen LogP contribution in [-0.4, -0.2) is 29.7 Å². The fourth-order valence-electron chi connectivity index (χ4n) is 1.96. The number of hydrogen-bond donors (Lipinski definition) is 3. The number of nitrogens with one attached hydrogen (secondary N) is 1. The molecule has 0 aliphatic rings. The minimum atomic E-state index is -0.553. The summed E-state index contributed by atoms with van der Waals surface area (Å²) in [5.74, 6) is 0.121. The van der Waals surface area contributed by atoms with E-state index in [1.807, 2.05) is 44.2 Å². The van der Waals surface area contributed by atoms with E-state index < -0.39 is 6.04 Å². The van der Waals surface area contributed by atoms with E-state index in [0.717, 1.165) is 5.56 Å². The van der Waals surface area contributed by atoms with Crippen molar-refractivity contribution in [2.45, 2.75) is 38.8 Å². The standard InChI is InChI=1S/C15H24N2O2/c1-11(2)14(8-9-18)17-15(19)13(16)10-12-6-4-3-5-7-12/h3-7,11,13-14,18H,8-10,16H2,1-2H3,(H,17,19)/t13-,14?/m0/s1. The van der Waals surface area contributed by atoms with Gasteiger partial charge in [-0.2, -0.15) is 0 Å². The summed E-state index contributed by atoms with van der Waals surface area (Å²) in [4.78, 5) is 12.0. The molecule has 106 valence electrons. The van der Waals surface area contributed by atoms with Crippen molar-refractivity contribution in [1.29, 1.82) is 0 Å². The third-order valence-corrected chi connectivity index (χ3v) is 3.21. The van der Waals surface area contributed by atoms with E-state index in [1.54, 1.807) is 0 Å². The number of benzene rings is 1. The second-order valence-corrected chi connectivity index (χ2v) is 5.17. The molecule has 4 N–H and O–H groups in total. The molecule has 0 radical (unpaired) electrons. The van der Waals surface area contributed by atoms with Gasteiger partial charge in [0.2, 0.25) is 5.91 Å². The highest BCUT2D eigenvalue weighted by molar-refractivity contribution is 5.82. The Morgan fingerprint density at radius 1 is 1.32 bits per heavy atom. The third-order valence-electron chi connectivity index (χ3n) is 3.21. The highest BCUT2D eigenvalue weighted by Gasteiger charge is 2.20. The first-order chi connectivity index (χ1) is 9.04. The zero-order valence-electron chi connectivity index (χ0n) is 11.7. The quantitative estimate of drug-likeness (QED) is 0.690. The summed E-state index contributed by atoms with van der Waals surface area (Å²) >= 11 is 0. The molecule has 0 saturated heterocycles. The van der Waals surface area contributed by atoms with Gasteiger partial charge in [-0.05, 0) is 24.3 Å². The summed E-state index contributed by atoms with van der Waals surface area (Å²) < 4.78 is 0. The Balaban J connectivity index is 2.52. The van der Waals surface area contributed by atoms with Crippen molar-refractivity contribution in [3.05, 3.63) is 35.9 Å². The number of aliphatic hydroxyl groups excluding tert-OH is 1. The van der Waals surface area contributed by atoms with Gasteiger partial charge < -0.3 is 16.2 Å². The van der Waals surface area contributed by atoms with E-state index >= 15 is 0 Å². The lowest BCUT2D eigenvalue weighted by Crippen LogP contribution is -2.48. The van der Waals surface area contributed by atoms with Gasteiger partial charge in [0.1, 0.15) is 0 Å². The van der Waals surface area contributed by atoms with Gasteiger partial charge in [-0.3, -0.25) is 4.79 Å². The zero-order chi connectivity index (χ0) is 14.3. The summed E-state index contributed by atoms with van der Waals surface area (Å²) in [5.41, 5.74) is 6.97. The van der Waals surface area contributed by atoms with E-state index in [4.69, 9.17) is 10.8 Å². The van der Waals surface area contributed by atoms with Crippen LogP contribution in [0.4, 0.5) is 0 Å². The van der Waals surface area contributed by atoms with Crippen LogP contribution in [0.25, 0.3) is 0 Å². The summed E-state index contributed by atoms with van der Waals surface area (Å²) in [7, 11) is 0. The van der Waals surface area contributed by atoms with Gasteiger partial charge in [0.05, 0.1) is 6.04 Å². The summed E-state index contributed by atoms with van der Waals surface area (Å²) in [6, 6.07) is 9.14. The number of carbonyl (C=O) groups is 1. The molecule has 0 aliphatic carbocycles. The Hall–Kier alpha value is -1.39. The van der Waals surface area contributed by atoms with Crippen molar-refractivity contribution < 1.29 is 9.90 Å². The zero-order valence-corrected chi connectivity index (χ0v) is 11.7. The number of hydrogen-bond acceptors (Lipinski definition) is 3. The highest BCUT2D eigenvalue weighted by Crippen LogP contribution is 2.07. The van der Waals surface area contributed by atoms with Crippen LogP contribution in [0.1, 0.15) is 25.8 Å². The van der Waals surface area contributed by atoms with Gasteiger partial charge >= 0.3 is 0 Å². The molecule has 1 aromatic carbocycles. The molecule has 0 saturated carbocycles. The molecule has 0 fully saturated rings. The molecular weight excluding hydrogens is 240 g/mol. The number of carbonyl (C=O) groups excluding carboxylic acids is 1. The van der Waals surface area contributed by atoms with Crippen molar-refractivity contribution in [2.24, 2.45) is 11.7 Å². The monoisotopic (exact) mass is 264 g/mol. The van der Waals surface area contributed by atoms with Crippen LogP contribution in [0.2, 0.25) is 0 Å². The molecule has 1 rings (SSSR count). The number of rotatable bonds is 7. The lowest BCUT2D eigenvalue weighted by atomic mass is 10.00. The SMILES string of the molecule is CC(C)C(CCO)NC(=O)[C@@H](N)Cc1ccccc1. The van der Waals surface area contributed by atoms with Crippen molar-refractivity contribution in [1.82, 2.24) is 5.32 Å². The first-order valence-electron chi connectivity index (χ1n) is 6.75. The van der Waals surface area contributed by atoms with Gasteiger partial charge in [0, 0.05) is 12.6 Å². The van der Waals surface area contributed by atoms with Gasteiger partial charge in [0.15, 0.2) is 0 Å². The Bertz CT molecular complexity index is 379. The van der Waals surface area contributed by atoms with E-state index in [1.165, 1.54) is 0 Å². The van der Waals surface area contributed by atoms with Crippen LogP contribution in [0, 0.1) is 5.92 Å². The predicted octanol–water partition coefficient (Wildman–Crippen LogP) is 1.08. The average molecular weight is 264 g/mol. The van der Waals surface area contributed by atoms with Crippen LogP contribution < -0.4 is 11.1 Å². The maximum Gasteiger partial charge on any atom is 0.237 e. The molecule has 2 atom stereocenters. The minimum Gasteiger partial charge on any atom is -0.396 e. The van der Waals surface area contributed by atoms with Crippen LogP contribution in [0.5, 0.6) is 0 Å². The van der Waals surface area contributed by atoms with E-state index in [0.29, 0.717) is 12.8 Å². The van der Waals surface area contributed by atoms with Crippen LogP contribution >= 0.6 is 0 Å². The van der Waals surface area contributed by atoms with E-state index in [-0.39, 0.29) is 24.5 Å². The van der Waals surface area contributed by atoms with Crippen LogP contribution in [0.3, 0.4) is 0 Å². The van der Waals surface area contributed by atoms with Crippen molar-refractivity contribution in [2.75, 3.05) is 6.61 Å². The molecule has 4 heteroatoms. The Morgan fingerprint density at radius 3 is 2.47 bits per heavy atom. The van der Waals surface area contributed by atoms with Crippen molar-refractivity contribution >= 4 is 5.91 Å². The molecule has 1 aromatic rings. The molecule has 0 heterocycles. The third kappa shape index (κ3) is 5.41. The largest absolute Gasteiger partial charge is 0.396 e. The number of aliphatic hydroxyl groups is 1. The summed E-state index contributed by atoms with van der Waals surface area (Å²) in [6.07, 6.45) is 1.08. The first-order valence-corrected chi connectivity index (χ1v) is 6.75. The molecule has 4 nitrogen and oxygen atoms in total. The highest BCUT2D eigenvalue weighted by atomic mass is 16.3. The molecule has 1 amide bonds. The van der Waals surface area contributed by atoms with Gasteiger partial charge in [-0.15, -0.1) is 0 Å². The second-order valence-electron chi connectivity index (χ2n) is 5.17. The molecule has 0 aliphatic heterocycles. The lowest BCUT2D eigenvalue weighted by Gasteiger charge is -2.23. The summed E-state index contributed by atoms with van der Waals surface area (Å²) in [5, 5.41) is 11.9. The Morgan fingerprint density at radius 2 is 1.95 bits per heavy atom. The van der Waals surface area contributed by atoms with Gasteiger partial charge in [-0.25, -0.2) is 0 Å². The first kappa shape index (κ1) is 15.7. The van der Waals surface area contributed by atoms with Gasteiger partial charge in [-0.1, -0.05) is 44.2 Å². The minimum absolute atomic E-state index is 0.0284. The second kappa shape index (κ2) is 7.92. The summed E-state index contributed by atoms with van der Waals surface area (Å²) in [6.45, 7) is 4.10. The van der Waals surface area contributed by atoms with Crippen LogP contribution in [0.15, 0.2) is 30.3 Å². The Labute approximate surface area is 115 Å². The normalized spacial score (nSPS) is 14.2. The maximum atomic E-state index is 12.0. The molecule has 19 heavy (non-hydrogen) atoms. The fraction of sp³-hybridized carbons (Fsp3) is 0.533. The van der Waals surface area contributed by atoms with E-state index in [9.17, 15) is 4.79 Å². The Kier molecular flexibility index (Phi) is 6.53. The van der Waals surface area contributed by atoms with E-state index in [2.05, 4.69) is 5.32 Å². The van der Waals surface area contributed by atoms with Crippen molar-refractivity contribution in [3.8, 4) is 0 Å². The van der Waals surface area contributed by atoms with Crippen LogP contribution in [-0.2, 0) is 11.2 Å². The smallest absolute Gasteiger partial charge is 0.237 e. The molecule has 0 aromatic heterocycles. The average Bonchev–Trinajstić information content (AvgIpc) is 2.39. The molecule has 0 spiro atoms. The fourth-order valence-corrected chi connectivity index (χ4v) is 1.96. The molecule has 1 unspecified atom stereocenters.